The number of benzene rings is 3. The summed E-state index contributed by atoms with van der Waals surface area (Å²) in [4.78, 5) is 25.1. The van der Waals surface area contributed by atoms with Crippen LogP contribution in [0.25, 0.3) is 0 Å². The first-order chi connectivity index (χ1) is 16.3. The van der Waals surface area contributed by atoms with Gasteiger partial charge in [-0.05, 0) is 97.8 Å². The van der Waals surface area contributed by atoms with Gasteiger partial charge < -0.3 is 20.1 Å². The van der Waals surface area contributed by atoms with Crippen LogP contribution in [0.1, 0.15) is 34.6 Å². The monoisotopic (exact) mass is 456 g/mol. The second kappa shape index (κ2) is 11.5. The molecule has 0 bridgehead atoms. The lowest BCUT2D eigenvalue weighted by molar-refractivity contribution is 0.101. The number of hydrogen-bond donors (Lipinski definition) is 2. The molecule has 3 aromatic carbocycles. The Kier molecular flexibility index (Phi) is 8.24. The maximum absolute atomic E-state index is 12.5. The molecule has 34 heavy (non-hydrogen) atoms. The van der Waals surface area contributed by atoms with Crippen LogP contribution in [0, 0.1) is 0 Å². The molecular formula is C28H28N2O4. The van der Waals surface area contributed by atoms with Crippen molar-refractivity contribution in [3.05, 3.63) is 108 Å². The Morgan fingerprint density at radius 2 is 0.941 bits per heavy atom. The first-order valence-corrected chi connectivity index (χ1v) is 10.8. The van der Waals surface area contributed by atoms with Gasteiger partial charge in [-0.1, -0.05) is 13.2 Å². The first kappa shape index (κ1) is 24.3. The van der Waals surface area contributed by atoms with Gasteiger partial charge in [-0.25, -0.2) is 0 Å². The van der Waals surface area contributed by atoms with Gasteiger partial charge in [0.25, 0.3) is 11.8 Å². The van der Waals surface area contributed by atoms with Crippen molar-refractivity contribution in [2.45, 2.75) is 13.8 Å². The summed E-state index contributed by atoms with van der Waals surface area (Å²) >= 11 is 0. The Morgan fingerprint density at radius 3 is 1.24 bits per heavy atom. The molecule has 0 aliphatic heterocycles. The molecule has 6 nitrogen and oxygen atoms in total. The topological polar surface area (TPSA) is 76.7 Å². The van der Waals surface area contributed by atoms with E-state index < -0.39 is 0 Å². The predicted molar refractivity (Wildman–Crippen MR) is 136 cm³/mol. The minimum atomic E-state index is -0.270. The summed E-state index contributed by atoms with van der Waals surface area (Å²) in [7, 11) is 0. The lowest BCUT2D eigenvalue weighted by Crippen LogP contribution is -2.14. The van der Waals surface area contributed by atoms with E-state index in [-0.39, 0.29) is 11.8 Å². The summed E-state index contributed by atoms with van der Waals surface area (Å²) in [6, 6.07) is 20.7. The van der Waals surface area contributed by atoms with E-state index in [4.69, 9.17) is 9.47 Å². The number of amides is 2. The summed E-state index contributed by atoms with van der Waals surface area (Å²) in [6.45, 7) is 12.3. The van der Waals surface area contributed by atoms with Crippen LogP contribution in [0.4, 0.5) is 11.4 Å². The highest BCUT2D eigenvalue weighted by atomic mass is 16.5. The minimum absolute atomic E-state index is 0.270. The Hall–Kier alpha value is -4.32. The normalized spacial score (nSPS) is 10.2. The molecule has 3 rings (SSSR count). The maximum atomic E-state index is 12.5. The van der Waals surface area contributed by atoms with Gasteiger partial charge in [0, 0.05) is 22.5 Å². The molecular weight excluding hydrogens is 428 g/mol. The van der Waals surface area contributed by atoms with Gasteiger partial charge in [-0.2, -0.15) is 0 Å². The fourth-order valence-corrected chi connectivity index (χ4v) is 2.86. The van der Waals surface area contributed by atoms with E-state index in [1.807, 2.05) is 13.8 Å². The molecule has 0 aliphatic carbocycles. The quantitative estimate of drug-likeness (QED) is 0.361. The molecule has 2 N–H and O–H groups in total. The van der Waals surface area contributed by atoms with Gasteiger partial charge >= 0.3 is 0 Å². The molecule has 6 heteroatoms. The molecule has 3 aromatic rings. The van der Waals surface area contributed by atoms with Crippen LogP contribution in [-0.4, -0.2) is 25.0 Å². The zero-order valence-corrected chi connectivity index (χ0v) is 19.4. The van der Waals surface area contributed by atoms with Crippen molar-refractivity contribution in [1.29, 1.82) is 0 Å². The fraction of sp³-hybridized carbons (Fsp3) is 0.143. The highest BCUT2D eigenvalue weighted by Gasteiger charge is 2.10. The summed E-state index contributed by atoms with van der Waals surface area (Å²) in [5.74, 6) is 0.858. The van der Waals surface area contributed by atoms with E-state index in [1.165, 1.54) is 0 Å². The standard InChI is InChI=1S/C28H28N2O4/c1-19(2)17-33-25-13-9-23(10-14-25)29-27(31)21-5-7-22(8-6-21)28(32)30-24-11-15-26(16-12-24)34-18-20(3)4/h5-16H,1,3,17-18H2,2,4H3,(H,29,31)(H,30,32). The summed E-state index contributed by atoms with van der Waals surface area (Å²) in [5.41, 5.74) is 4.03. The Morgan fingerprint density at radius 1 is 0.618 bits per heavy atom. The number of carbonyl (C=O) groups excluding carboxylic acids is 2. The van der Waals surface area contributed by atoms with Crippen molar-refractivity contribution in [3.8, 4) is 11.5 Å². The molecule has 0 atom stereocenters. The number of ether oxygens (including phenoxy) is 2. The highest BCUT2D eigenvalue weighted by Crippen LogP contribution is 2.19. The van der Waals surface area contributed by atoms with E-state index in [2.05, 4.69) is 23.8 Å². The second-order valence-corrected chi connectivity index (χ2v) is 8.03. The maximum Gasteiger partial charge on any atom is 0.255 e. The average Bonchev–Trinajstić information content (AvgIpc) is 2.83. The van der Waals surface area contributed by atoms with Gasteiger partial charge in [0.1, 0.15) is 24.7 Å². The molecule has 0 radical (unpaired) electrons. The van der Waals surface area contributed by atoms with Crippen LogP contribution in [0.2, 0.25) is 0 Å². The predicted octanol–water partition coefficient (Wildman–Crippen LogP) is 6.10. The summed E-state index contributed by atoms with van der Waals surface area (Å²) in [6.07, 6.45) is 0. The van der Waals surface area contributed by atoms with Crippen molar-refractivity contribution >= 4 is 23.2 Å². The molecule has 0 heterocycles. The number of hydrogen-bond acceptors (Lipinski definition) is 4. The van der Waals surface area contributed by atoms with Crippen molar-refractivity contribution in [2.24, 2.45) is 0 Å². The van der Waals surface area contributed by atoms with Gasteiger partial charge in [0.05, 0.1) is 0 Å². The van der Waals surface area contributed by atoms with Crippen LogP contribution < -0.4 is 20.1 Å². The van der Waals surface area contributed by atoms with Crippen LogP contribution in [-0.2, 0) is 0 Å². The van der Waals surface area contributed by atoms with Gasteiger partial charge in [-0.3, -0.25) is 9.59 Å². The third-order valence-electron chi connectivity index (χ3n) is 4.60. The van der Waals surface area contributed by atoms with Crippen LogP contribution in [0.5, 0.6) is 11.5 Å². The Labute approximate surface area is 199 Å². The van der Waals surface area contributed by atoms with E-state index in [0.717, 1.165) is 11.1 Å². The largest absolute Gasteiger partial charge is 0.489 e. The molecule has 0 aliphatic rings. The molecule has 0 unspecified atom stereocenters. The number of rotatable bonds is 10. The molecule has 0 spiro atoms. The van der Waals surface area contributed by atoms with E-state index >= 15 is 0 Å². The average molecular weight is 457 g/mol. The fourth-order valence-electron chi connectivity index (χ4n) is 2.86. The zero-order chi connectivity index (χ0) is 24.5. The van der Waals surface area contributed by atoms with E-state index in [9.17, 15) is 9.59 Å². The summed E-state index contributed by atoms with van der Waals surface area (Å²) in [5, 5.41) is 5.66. The molecule has 0 aromatic heterocycles. The van der Waals surface area contributed by atoms with Crippen molar-refractivity contribution in [1.82, 2.24) is 0 Å². The van der Waals surface area contributed by atoms with Crippen molar-refractivity contribution in [2.75, 3.05) is 23.8 Å². The van der Waals surface area contributed by atoms with Crippen LogP contribution >= 0.6 is 0 Å². The third-order valence-corrected chi connectivity index (χ3v) is 4.60. The van der Waals surface area contributed by atoms with Crippen LogP contribution in [0.15, 0.2) is 97.1 Å². The van der Waals surface area contributed by atoms with Crippen LogP contribution in [0.3, 0.4) is 0 Å². The van der Waals surface area contributed by atoms with Gasteiger partial charge in [0.15, 0.2) is 0 Å². The molecule has 2 amide bonds. The second-order valence-electron chi connectivity index (χ2n) is 8.03. The van der Waals surface area contributed by atoms with E-state index in [1.54, 1.807) is 72.8 Å². The Balaban J connectivity index is 1.54. The van der Waals surface area contributed by atoms with Crippen molar-refractivity contribution < 1.29 is 19.1 Å². The summed E-state index contributed by atoms with van der Waals surface area (Å²) < 4.78 is 11.1. The number of carbonyl (C=O) groups is 2. The molecule has 0 saturated carbocycles. The van der Waals surface area contributed by atoms with Gasteiger partial charge in [-0.15, -0.1) is 0 Å². The molecule has 0 saturated heterocycles. The Bertz CT molecular complexity index is 1070. The number of anilines is 2. The third kappa shape index (κ3) is 7.38. The minimum Gasteiger partial charge on any atom is -0.489 e. The number of nitrogens with one attached hydrogen (secondary N) is 2. The molecule has 0 fully saturated rings. The lowest BCUT2D eigenvalue weighted by atomic mass is 10.1. The van der Waals surface area contributed by atoms with Crippen molar-refractivity contribution in [3.63, 3.8) is 0 Å². The SMILES string of the molecule is C=C(C)COc1ccc(NC(=O)c2ccc(C(=O)Nc3ccc(OCC(=C)C)cc3)cc2)cc1. The highest BCUT2D eigenvalue weighted by molar-refractivity contribution is 6.07. The lowest BCUT2D eigenvalue weighted by Gasteiger charge is -2.10. The molecule has 174 valence electrons. The van der Waals surface area contributed by atoms with E-state index in [0.29, 0.717) is 47.2 Å². The first-order valence-electron chi connectivity index (χ1n) is 10.8. The van der Waals surface area contributed by atoms with Gasteiger partial charge in [0.2, 0.25) is 0 Å². The smallest absolute Gasteiger partial charge is 0.255 e. The zero-order valence-electron chi connectivity index (χ0n) is 19.4.